The van der Waals surface area contributed by atoms with E-state index in [1.54, 1.807) is 12.1 Å². The van der Waals surface area contributed by atoms with Crippen molar-refractivity contribution in [1.29, 1.82) is 0 Å². The normalized spacial score (nSPS) is 10.4. The molecule has 3 heterocycles. The lowest BCUT2D eigenvalue weighted by molar-refractivity contribution is 0.0994. The zero-order chi connectivity index (χ0) is 12.4. The van der Waals surface area contributed by atoms with Gasteiger partial charge in [0.15, 0.2) is 5.76 Å². The summed E-state index contributed by atoms with van der Waals surface area (Å²) < 4.78 is 14.9. The summed E-state index contributed by atoms with van der Waals surface area (Å²) in [5, 5.41) is 13.2. The number of hydrogen-bond acceptors (Lipinski definition) is 7. The maximum Gasteiger partial charge on any atom is 0.323 e. The van der Waals surface area contributed by atoms with Crippen LogP contribution >= 0.6 is 0 Å². The number of nitrogens with one attached hydrogen (secondary N) is 1. The van der Waals surface area contributed by atoms with E-state index in [9.17, 15) is 4.79 Å². The van der Waals surface area contributed by atoms with Crippen LogP contribution in [0.15, 0.2) is 44.0 Å². The Morgan fingerprint density at radius 2 is 2.22 bits per heavy atom. The summed E-state index contributed by atoms with van der Waals surface area (Å²) in [6, 6.07) is 4.62. The van der Waals surface area contributed by atoms with E-state index in [-0.39, 0.29) is 17.7 Å². The summed E-state index contributed by atoms with van der Waals surface area (Å²) in [5.41, 5.74) is 0. The fourth-order valence-corrected chi connectivity index (χ4v) is 1.27. The molecule has 0 aliphatic heterocycles. The third-order valence-corrected chi connectivity index (χ3v) is 2.04. The minimum absolute atomic E-state index is 0.0530. The first kappa shape index (κ1) is 10.3. The van der Waals surface area contributed by atoms with E-state index in [0.717, 1.165) is 0 Å². The van der Waals surface area contributed by atoms with Crippen molar-refractivity contribution in [2.24, 2.45) is 0 Å². The average Bonchev–Trinajstić information content (AvgIpc) is 3.12. The quantitative estimate of drug-likeness (QED) is 0.747. The monoisotopic (exact) mass is 246 g/mol. The van der Waals surface area contributed by atoms with E-state index in [1.165, 1.54) is 18.5 Å². The third-order valence-electron chi connectivity index (χ3n) is 2.04. The highest BCUT2D eigenvalue weighted by Crippen LogP contribution is 2.19. The van der Waals surface area contributed by atoms with Gasteiger partial charge in [-0.05, 0) is 12.1 Å². The van der Waals surface area contributed by atoms with E-state index in [0.29, 0.717) is 5.76 Å². The van der Waals surface area contributed by atoms with Gasteiger partial charge in [0.1, 0.15) is 0 Å². The number of carbonyl (C=O) groups excluding carboxylic acids is 1. The molecule has 8 nitrogen and oxygen atoms in total. The van der Waals surface area contributed by atoms with Gasteiger partial charge in [-0.15, -0.1) is 5.10 Å². The standard InChI is InChI=1S/C10H6N4O4/c15-8(6-2-1-5-16-6)12-10-14-13-9(17-10)7-3-4-11-18-7/h1-5H,(H,12,14,15). The van der Waals surface area contributed by atoms with Crippen LogP contribution in [0.1, 0.15) is 10.6 Å². The summed E-state index contributed by atoms with van der Waals surface area (Å²) in [5.74, 6) is 0.116. The van der Waals surface area contributed by atoms with Crippen LogP contribution in [0, 0.1) is 0 Å². The van der Waals surface area contributed by atoms with Crippen molar-refractivity contribution in [2.45, 2.75) is 0 Å². The van der Waals surface area contributed by atoms with Gasteiger partial charge >= 0.3 is 6.01 Å². The Morgan fingerprint density at radius 3 is 2.94 bits per heavy atom. The van der Waals surface area contributed by atoms with Gasteiger partial charge < -0.3 is 13.4 Å². The lowest BCUT2D eigenvalue weighted by Gasteiger charge is -1.94. The molecule has 0 aliphatic carbocycles. The van der Waals surface area contributed by atoms with E-state index >= 15 is 0 Å². The topological polar surface area (TPSA) is 107 Å². The van der Waals surface area contributed by atoms with Crippen molar-refractivity contribution in [3.63, 3.8) is 0 Å². The summed E-state index contributed by atoms with van der Waals surface area (Å²) in [6.07, 6.45) is 2.84. The van der Waals surface area contributed by atoms with Crippen LogP contribution in [0.4, 0.5) is 6.01 Å². The molecule has 3 aromatic heterocycles. The van der Waals surface area contributed by atoms with E-state index < -0.39 is 5.91 Å². The van der Waals surface area contributed by atoms with E-state index in [1.807, 2.05) is 0 Å². The predicted octanol–water partition coefficient (Wildman–Crippen LogP) is 1.57. The molecule has 0 radical (unpaired) electrons. The minimum atomic E-state index is -0.479. The SMILES string of the molecule is O=C(Nc1nnc(-c2ccno2)o1)c1ccco1. The molecule has 1 amide bonds. The molecule has 0 atom stereocenters. The number of aromatic nitrogens is 3. The van der Waals surface area contributed by atoms with Crippen LogP contribution in [-0.4, -0.2) is 21.3 Å². The average molecular weight is 246 g/mol. The molecule has 0 bridgehead atoms. The van der Waals surface area contributed by atoms with Gasteiger partial charge in [-0.1, -0.05) is 10.3 Å². The molecule has 0 aromatic carbocycles. The number of anilines is 1. The third kappa shape index (κ3) is 1.86. The van der Waals surface area contributed by atoms with Crippen LogP contribution < -0.4 is 5.32 Å². The predicted molar refractivity (Wildman–Crippen MR) is 56.5 cm³/mol. The Hall–Kier alpha value is -2.90. The molecule has 0 aliphatic rings. The first-order valence-electron chi connectivity index (χ1n) is 4.92. The second kappa shape index (κ2) is 4.17. The molecule has 18 heavy (non-hydrogen) atoms. The Morgan fingerprint density at radius 1 is 1.28 bits per heavy atom. The summed E-state index contributed by atoms with van der Waals surface area (Å²) in [4.78, 5) is 11.6. The van der Waals surface area contributed by atoms with Crippen molar-refractivity contribution >= 4 is 11.9 Å². The summed E-state index contributed by atoms with van der Waals surface area (Å²) in [7, 11) is 0. The van der Waals surface area contributed by atoms with E-state index in [4.69, 9.17) is 13.4 Å². The Balaban J connectivity index is 1.76. The van der Waals surface area contributed by atoms with Crippen LogP contribution in [0.3, 0.4) is 0 Å². The highest BCUT2D eigenvalue weighted by Gasteiger charge is 2.15. The molecule has 90 valence electrons. The highest BCUT2D eigenvalue weighted by molar-refractivity contribution is 6.00. The Kier molecular flexibility index (Phi) is 2.38. The first-order valence-corrected chi connectivity index (χ1v) is 4.92. The summed E-state index contributed by atoms with van der Waals surface area (Å²) >= 11 is 0. The molecular formula is C10H6N4O4. The minimum Gasteiger partial charge on any atom is -0.459 e. The number of rotatable bonds is 3. The number of hydrogen-bond donors (Lipinski definition) is 1. The molecule has 8 heteroatoms. The van der Waals surface area contributed by atoms with Gasteiger partial charge in [0, 0.05) is 6.07 Å². The van der Waals surface area contributed by atoms with Crippen molar-refractivity contribution in [2.75, 3.05) is 5.32 Å². The largest absolute Gasteiger partial charge is 0.459 e. The van der Waals surface area contributed by atoms with Gasteiger partial charge in [0.05, 0.1) is 12.5 Å². The van der Waals surface area contributed by atoms with Gasteiger partial charge in [0.25, 0.3) is 11.8 Å². The second-order valence-corrected chi connectivity index (χ2v) is 3.22. The molecule has 1 N–H and O–H groups in total. The lowest BCUT2D eigenvalue weighted by Crippen LogP contribution is -2.10. The van der Waals surface area contributed by atoms with Crippen LogP contribution in [0.5, 0.6) is 0 Å². The smallest absolute Gasteiger partial charge is 0.323 e. The van der Waals surface area contributed by atoms with Crippen molar-refractivity contribution in [3.8, 4) is 11.7 Å². The van der Waals surface area contributed by atoms with Gasteiger partial charge in [-0.2, -0.15) is 0 Å². The molecule has 0 saturated heterocycles. The molecule has 3 aromatic rings. The van der Waals surface area contributed by atoms with E-state index in [2.05, 4.69) is 20.7 Å². The molecule has 0 fully saturated rings. The number of carbonyl (C=O) groups is 1. The zero-order valence-corrected chi connectivity index (χ0v) is 8.86. The Bertz CT molecular complexity index is 641. The zero-order valence-electron chi connectivity index (χ0n) is 8.86. The van der Waals surface area contributed by atoms with Crippen LogP contribution in [0.2, 0.25) is 0 Å². The fraction of sp³-hybridized carbons (Fsp3) is 0. The number of nitrogens with zero attached hydrogens (tertiary/aromatic N) is 3. The maximum absolute atomic E-state index is 11.6. The Labute approximate surface area is 99.6 Å². The van der Waals surface area contributed by atoms with Gasteiger partial charge in [0.2, 0.25) is 5.76 Å². The number of furan rings is 1. The molecular weight excluding hydrogens is 240 g/mol. The molecule has 0 unspecified atom stereocenters. The van der Waals surface area contributed by atoms with Gasteiger partial charge in [-0.25, -0.2) is 0 Å². The van der Waals surface area contributed by atoms with Crippen molar-refractivity contribution in [1.82, 2.24) is 15.4 Å². The lowest BCUT2D eigenvalue weighted by atomic mass is 10.4. The molecule has 3 rings (SSSR count). The summed E-state index contributed by atoms with van der Waals surface area (Å²) in [6.45, 7) is 0. The van der Waals surface area contributed by atoms with Gasteiger partial charge in [-0.3, -0.25) is 10.1 Å². The molecule has 0 spiro atoms. The highest BCUT2D eigenvalue weighted by atomic mass is 16.5. The van der Waals surface area contributed by atoms with Crippen LogP contribution in [-0.2, 0) is 0 Å². The first-order chi connectivity index (χ1) is 8.83. The number of amides is 1. The van der Waals surface area contributed by atoms with Crippen LogP contribution in [0.25, 0.3) is 11.7 Å². The van der Waals surface area contributed by atoms with Crippen molar-refractivity contribution < 1.29 is 18.2 Å². The van der Waals surface area contributed by atoms with Crippen molar-refractivity contribution in [3.05, 3.63) is 36.4 Å². The molecule has 0 saturated carbocycles. The fourth-order valence-electron chi connectivity index (χ4n) is 1.27. The maximum atomic E-state index is 11.6. The second-order valence-electron chi connectivity index (χ2n) is 3.22.